The van der Waals surface area contributed by atoms with Crippen molar-refractivity contribution in [1.29, 1.82) is 0 Å². The van der Waals surface area contributed by atoms with E-state index in [9.17, 15) is 4.79 Å². The first kappa shape index (κ1) is 16.9. The number of rotatable bonds is 5. The van der Waals surface area contributed by atoms with Gasteiger partial charge in [0.15, 0.2) is 0 Å². The monoisotopic (exact) mass is 345 g/mol. The van der Waals surface area contributed by atoms with Crippen LogP contribution in [0.3, 0.4) is 0 Å². The van der Waals surface area contributed by atoms with Crippen LogP contribution in [0.5, 0.6) is 0 Å². The number of benzene rings is 1. The second-order valence-electron chi connectivity index (χ2n) is 5.94. The predicted octanol–water partition coefficient (Wildman–Crippen LogP) is 3.81. The van der Waals surface area contributed by atoms with Gasteiger partial charge in [-0.05, 0) is 24.8 Å². The van der Waals surface area contributed by atoms with Gasteiger partial charge < -0.3 is 15.4 Å². The van der Waals surface area contributed by atoms with E-state index < -0.39 is 0 Å². The Morgan fingerprint density at radius 1 is 1.42 bits per heavy atom. The number of hydrogen-bond acceptors (Lipinski definition) is 4. The quantitative estimate of drug-likeness (QED) is 0.866. The summed E-state index contributed by atoms with van der Waals surface area (Å²) in [7, 11) is 0. The van der Waals surface area contributed by atoms with Crippen LogP contribution in [-0.2, 0) is 4.74 Å². The Balaban J connectivity index is 1.54. The highest BCUT2D eigenvalue weighted by Crippen LogP contribution is 2.28. The van der Waals surface area contributed by atoms with Crippen LogP contribution in [0.1, 0.15) is 48.9 Å². The molecule has 24 heavy (non-hydrogen) atoms. The molecule has 5 nitrogen and oxygen atoms in total. The van der Waals surface area contributed by atoms with Crippen molar-refractivity contribution in [2.45, 2.75) is 44.4 Å². The number of amides is 2. The zero-order valence-corrected chi connectivity index (χ0v) is 14.6. The average molecular weight is 345 g/mol. The molecule has 0 spiro atoms. The smallest absolute Gasteiger partial charge is 0.315 e. The highest BCUT2D eigenvalue weighted by Gasteiger charge is 2.25. The second kappa shape index (κ2) is 8.26. The number of carbonyl (C=O) groups is 1. The topological polar surface area (TPSA) is 63.2 Å². The molecule has 0 saturated carbocycles. The first-order valence-electron chi connectivity index (χ1n) is 8.39. The molecule has 0 bridgehead atoms. The molecule has 1 aliphatic rings. The largest absolute Gasteiger partial charge is 0.373 e. The fourth-order valence-corrected chi connectivity index (χ4v) is 3.73. The summed E-state index contributed by atoms with van der Waals surface area (Å²) >= 11 is 1.57. The molecule has 1 aromatic heterocycles. The molecule has 3 rings (SSSR count). The molecule has 2 heterocycles. The minimum absolute atomic E-state index is 0.0326. The van der Waals surface area contributed by atoms with Crippen molar-refractivity contribution in [2.24, 2.45) is 0 Å². The number of nitrogens with one attached hydrogen (secondary N) is 2. The third-order valence-corrected chi connectivity index (χ3v) is 5.14. The zero-order chi connectivity index (χ0) is 16.8. The van der Waals surface area contributed by atoms with Gasteiger partial charge >= 0.3 is 6.03 Å². The highest BCUT2D eigenvalue weighted by molar-refractivity contribution is 7.09. The molecule has 2 amide bonds. The van der Waals surface area contributed by atoms with Crippen LogP contribution in [0.15, 0.2) is 41.9 Å². The van der Waals surface area contributed by atoms with Crippen LogP contribution in [0, 0.1) is 0 Å². The lowest BCUT2D eigenvalue weighted by Crippen LogP contribution is -2.45. The Morgan fingerprint density at radius 3 is 2.96 bits per heavy atom. The standard InChI is InChI=1S/C18H23N3O2S/c1-2-15(17-19-9-11-24-17)21-18(22)20-14-8-10-23-16(12-14)13-6-4-3-5-7-13/h3-7,9,11,14-16H,2,8,10,12H2,1H3,(H2,20,21,22)/t14-,15+,16+/m1/s1. The van der Waals surface area contributed by atoms with E-state index in [1.54, 1.807) is 17.5 Å². The Labute approximate surface area is 146 Å². The number of nitrogens with zero attached hydrogens (tertiary/aromatic N) is 1. The Morgan fingerprint density at radius 2 is 2.25 bits per heavy atom. The molecule has 3 atom stereocenters. The van der Waals surface area contributed by atoms with Crippen LogP contribution in [0.4, 0.5) is 4.79 Å². The van der Waals surface area contributed by atoms with Crippen molar-refractivity contribution in [1.82, 2.24) is 15.6 Å². The van der Waals surface area contributed by atoms with Crippen LogP contribution in [0.2, 0.25) is 0 Å². The van der Waals surface area contributed by atoms with Gasteiger partial charge in [-0.1, -0.05) is 37.3 Å². The fraction of sp³-hybridized carbons (Fsp3) is 0.444. The Hall–Kier alpha value is -1.92. The maximum atomic E-state index is 12.3. The fourth-order valence-electron chi connectivity index (χ4n) is 2.96. The third-order valence-electron chi connectivity index (χ3n) is 4.25. The first-order valence-corrected chi connectivity index (χ1v) is 9.27. The summed E-state index contributed by atoms with van der Waals surface area (Å²) < 4.78 is 5.86. The maximum absolute atomic E-state index is 12.3. The summed E-state index contributed by atoms with van der Waals surface area (Å²) in [6, 6.07) is 10.1. The van der Waals surface area contributed by atoms with E-state index in [0.717, 1.165) is 24.3 Å². The lowest BCUT2D eigenvalue weighted by molar-refractivity contribution is 0.00221. The van der Waals surface area contributed by atoms with Crippen molar-refractivity contribution >= 4 is 17.4 Å². The van der Waals surface area contributed by atoms with E-state index >= 15 is 0 Å². The summed E-state index contributed by atoms with van der Waals surface area (Å²) in [6.07, 6.45) is 4.27. The SMILES string of the molecule is CC[C@H](NC(=O)N[C@@H]1CCO[C@H](c2ccccc2)C1)c1nccs1. The summed E-state index contributed by atoms with van der Waals surface area (Å²) in [6.45, 7) is 2.71. The summed E-state index contributed by atoms with van der Waals surface area (Å²) in [5, 5.41) is 9.00. The normalized spacial score (nSPS) is 21.9. The van der Waals surface area contributed by atoms with Crippen molar-refractivity contribution in [3.63, 3.8) is 0 Å². The van der Waals surface area contributed by atoms with Gasteiger partial charge in [-0.3, -0.25) is 0 Å². The van der Waals surface area contributed by atoms with Gasteiger partial charge in [-0.15, -0.1) is 11.3 Å². The van der Waals surface area contributed by atoms with Gasteiger partial charge in [0.1, 0.15) is 5.01 Å². The predicted molar refractivity (Wildman–Crippen MR) is 95.0 cm³/mol. The second-order valence-corrected chi connectivity index (χ2v) is 6.87. The molecule has 1 aromatic carbocycles. The minimum atomic E-state index is -0.129. The maximum Gasteiger partial charge on any atom is 0.315 e. The van der Waals surface area contributed by atoms with Crippen LogP contribution >= 0.6 is 11.3 Å². The van der Waals surface area contributed by atoms with Gasteiger partial charge in [-0.25, -0.2) is 9.78 Å². The van der Waals surface area contributed by atoms with Crippen LogP contribution < -0.4 is 10.6 Å². The van der Waals surface area contributed by atoms with Crippen molar-refractivity contribution in [3.05, 3.63) is 52.5 Å². The van der Waals surface area contributed by atoms with Crippen molar-refractivity contribution < 1.29 is 9.53 Å². The van der Waals surface area contributed by atoms with E-state index in [-0.39, 0.29) is 24.2 Å². The molecule has 2 N–H and O–H groups in total. The first-order chi connectivity index (χ1) is 11.8. The Bertz CT molecular complexity index is 633. The average Bonchev–Trinajstić information content (AvgIpc) is 3.15. The van der Waals surface area contributed by atoms with Crippen LogP contribution in [0.25, 0.3) is 0 Å². The van der Waals surface area contributed by atoms with E-state index in [4.69, 9.17) is 4.74 Å². The molecule has 0 unspecified atom stereocenters. The molecule has 2 aromatic rings. The van der Waals surface area contributed by atoms with Crippen LogP contribution in [-0.4, -0.2) is 23.7 Å². The Kier molecular flexibility index (Phi) is 5.82. The van der Waals surface area contributed by atoms with E-state index in [1.807, 2.05) is 30.5 Å². The van der Waals surface area contributed by atoms with E-state index in [1.165, 1.54) is 5.56 Å². The summed E-state index contributed by atoms with van der Waals surface area (Å²) in [4.78, 5) is 16.6. The summed E-state index contributed by atoms with van der Waals surface area (Å²) in [5.41, 5.74) is 1.17. The number of hydrogen-bond donors (Lipinski definition) is 2. The van der Waals surface area contributed by atoms with Gasteiger partial charge in [0.25, 0.3) is 0 Å². The van der Waals surface area contributed by atoms with Gasteiger partial charge in [0.05, 0.1) is 12.1 Å². The number of thiazole rings is 1. The highest BCUT2D eigenvalue weighted by atomic mass is 32.1. The number of carbonyl (C=O) groups excluding carboxylic acids is 1. The molecule has 128 valence electrons. The molecule has 0 aliphatic carbocycles. The molecule has 0 radical (unpaired) electrons. The molecule has 1 saturated heterocycles. The van der Waals surface area contributed by atoms with E-state index in [0.29, 0.717) is 6.61 Å². The number of ether oxygens (including phenoxy) is 1. The van der Waals surface area contributed by atoms with Gasteiger partial charge in [0.2, 0.25) is 0 Å². The van der Waals surface area contributed by atoms with Gasteiger partial charge in [0, 0.05) is 24.2 Å². The van der Waals surface area contributed by atoms with Gasteiger partial charge in [-0.2, -0.15) is 0 Å². The molecule has 1 fully saturated rings. The molecule has 1 aliphatic heterocycles. The van der Waals surface area contributed by atoms with Crippen molar-refractivity contribution in [3.8, 4) is 0 Å². The number of urea groups is 1. The molecular formula is C18H23N3O2S. The molecular weight excluding hydrogens is 322 g/mol. The molecule has 6 heteroatoms. The lowest BCUT2D eigenvalue weighted by atomic mass is 9.97. The minimum Gasteiger partial charge on any atom is -0.373 e. The van der Waals surface area contributed by atoms with Crippen molar-refractivity contribution in [2.75, 3.05) is 6.61 Å². The third kappa shape index (κ3) is 4.33. The zero-order valence-electron chi connectivity index (χ0n) is 13.8. The number of aromatic nitrogens is 1. The van der Waals surface area contributed by atoms with E-state index in [2.05, 4.69) is 27.8 Å². The summed E-state index contributed by atoms with van der Waals surface area (Å²) in [5.74, 6) is 0. The lowest BCUT2D eigenvalue weighted by Gasteiger charge is -2.30.